The SMILES string of the molecule is CC(O)CC(C)(C)CNC(c1ccccc1)C1CC1. The predicted octanol–water partition coefficient (Wildman–Crippen LogP) is 3.52. The molecule has 1 aromatic rings. The lowest BCUT2D eigenvalue weighted by Gasteiger charge is -2.30. The lowest BCUT2D eigenvalue weighted by Crippen LogP contribution is -2.35. The minimum Gasteiger partial charge on any atom is -0.393 e. The third-order valence-corrected chi connectivity index (χ3v) is 3.90. The minimum absolute atomic E-state index is 0.135. The van der Waals surface area contributed by atoms with Crippen LogP contribution in [0.15, 0.2) is 30.3 Å². The topological polar surface area (TPSA) is 32.3 Å². The number of aliphatic hydroxyl groups excluding tert-OH is 1. The fourth-order valence-corrected chi connectivity index (χ4v) is 2.90. The molecule has 2 unspecified atom stereocenters. The van der Waals surface area contributed by atoms with Crippen molar-refractivity contribution in [2.45, 2.75) is 52.2 Å². The third-order valence-electron chi connectivity index (χ3n) is 3.90. The van der Waals surface area contributed by atoms with Gasteiger partial charge >= 0.3 is 0 Å². The molecule has 1 saturated carbocycles. The molecule has 2 rings (SSSR count). The fraction of sp³-hybridized carbons (Fsp3) is 0.647. The van der Waals surface area contributed by atoms with E-state index in [2.05, 4.69) is 49.5 Å². The monoisotopic (exact) mass is 261 g/mol. The van der Waals surface area contributed by atoms with E-state index in [-0.39, 0.29) is 11.5 Å². The number of rotatable bonds is 7. The average molecular weight is 261 g/mol. The molecule has 0 amide bonds. The van der Waals surface area contributed by atoms with E-state index < -0.39 is 0 Å². The molecule has 0 heterocycles. The van der Waals surface area contributed by atoms with Crippen LogP contribution in [-0.2, 0) is 0 Å². The normalized spacial score (nSPS) is 19.2. The first-order valence-electron chi connectivity index (χ1n) is 7.44. The molecule has 1 aliphatic carbocycles. The van der Waals surface area contributed by atoms with Gasteiger partial charge in [-0.3, -0.25) is 0 Å². The molecule has 2 nitrogen and oxygen atoms in total. The van der Waals surface area contributed by atoms with E-state index in [1.165, 1.54) is 18.4 Å². The zero-order valence-corrected chi connectivity index (χ0v) is 12.4. The first-order chi connectivity index (χ1) is 8.98. The number of aliphatic hydroxyl groups is 1. The second-order valence-corrected chi connectivity index (χ2v) is 6.82. The maximum atomic E-state index is 9.56. The first-order valence-corrected chi connectivity index (χ1v) is 7.44. The van der Waals surface area contributed by atoms with Crippen molar-refractivity contribution >= 4 is 0 Å². The molecule has 1 aliphatic rings. The van der Waals surface area contributed by atoms with Gasteiger partial charge in [0.15, 0.2) is 0 Å². The number of benzene rings is 1. The Morgan fingerprint density at radius 1 is 1.26 bits per heavy atom. The second-order valence-electron chi connectivity index (χ2n) is 6.82. The van der Waals surface area contributed by atoms with Crippen molar-refractivity contribution in [1.82, 2.24) is 5.32 Å². The van der Waals surface area contributed by atoms with Crippen molar-refractivity contribution in [1.29, 1.82) is 0 Å². The van der Waals surface area contributed by atoms with Crippen LogP contribution in [0, 0.1) is 11.3 Å². The van der Waals surface area contributed by atoms with Gasteiger partial charge in [0.25, 0.3) is 0 Å². The van der Waals surface area contributed by atoms with Gasteiger partial charge in [-0.15, -0.1) is 0 Å². The minimum atomic E-state index is -0.229. The second kappa shape index (κ2) is 6.06. The summed E-state index contributed by atoms with van der Waals surface area (Å²) in [7, 11) is 0. The van der Waals surface area contributed by atoms with E-state index in [4.69, 9.17) is 0 Å². The number of hydrogen-bond acceptors (Lipinski definition) is 2. The fourth-order valence-electron chi connectivity index (χ4n) is 2.90. The molecule has 1 fully saturated rings. The van der Waals surface area contributed by atoms with Gasteiger partial charge in [0.1, 0.15) is 0 Å². The Bertz CT molecular complexity index is 382. The highest BCUT2D eigenvalue weighted by atomic mass is 16.3. The standard InChI is InChI=1S/C17H27NO/c1-13(19)11-17(2,3)12-18-16(15-9-10-15)14-7-5-4-6-8-14/h4-8,13,15-16,18-19H,9-12H2,1-3H3. The van der Waals surface area contributed by atoms with E-state index in [9.17, 15) is 5.11 Å². The molecule has 0 spiro atoms. The summed E-state index contributed by atoms with van der Waals surface area (Å²) in [5.74, 6) is 0.796. The Hall–Kier alpha value is -0.860. The maximum absolute atomic E-state index is 9.56. The van der Waals surface area contributed by atoms with Crippen LogP contribution in [0.1, 0.15) is 51.6 Å². The van der Waals surface area contributed by atoms with Gasteiger partial charge in [-0.1, -0.05) is 44.2 Å². The van der Waals surface area contributed by atoms with Crippen molar-refractivity contribution in [2.75, 3.05) is 6.54 Å². The molecule has 2 N–H and O–H groups in total. The summed E-state index contributed by atoms with van der Waals surface area (Å²) in [4.78, 5) is 0. The molecular weight excluding hydrogens is 234 g/mol. The highest BCUT2D eigenvalue weighted by Crippen LogP contribution is 2.41. The van der Waals surface area contributed by atoms with Crippen LogP contribution in [-0.4, -0.2) is 17.8 Å². The van der Waals surface area contributed by atoms with Crippen LogP contribution in [0.5, 0.6) is 0 Å². The van der Waals surface area contributed by atoms with Crippen LogP contribution < -0.4 is 5.32 Å². The van der Waals surface area contributed by atoms with Crippen molar-refractivity contribution in [3.8, 4) is 0 Å². The maximum Gasteiger partial charge on any atom is 0.0517 e. The van der Waals surface area contributed by atoms with E-state index in [0.717, 1.165) is 18.9 Å². The van der Waals surface area contributed by atoms with Crippen molar-refractivity contribution < 1.29 is 5.11 Å². The Balaban J connectivity index is 1.95. The molecule has 0 aromatic heterocycles. The summed E-state index contributed by atoms with van der Waals surface area (Å²) < 4.78 is 0. The molecule has 0 aliphatic heterocycles. The van der Waals surface area contributed by atoms with Crippen LogP contribution in [0.2, 0.25) is 0 Å². The predicted molar refractivity (Wildman–Crippen MR) is 80.0 cm³/mol. The lowest BCUT2D eigenvalue weighted by atomic mass is 9.86. The van der Waals surface area contributed by atoms with Crippen LogP contribution in [0.4, 0.5) is 0 Å². The van der Waals surface area contributed by atoms with Crippen molar-refractivity contribution in [3.05, 3.63) is 35.9 Å². The van der Waals surface area contributed by atoms with Crippen molar-refractivity contribution in [3.63, 3.8) is 0 Å². The summed E-state index contributed by atoms with van der Waals surface area (Å²) in [6.45, 7) is 7.27. The molecule has 2 heteroatoms. The van der Waals surface area contributed by atoms with Gasteiger partial charge < -0.3 is 10.4 Å². The van der Waals surface area contributed by atoms with Gasteiger partial charge in [0.05, 0.1) is 6.10 Å². The highest BCUT2D eigenvalue weighted by molar-refractivity contribution is 5.21. The van der Waals surface area contributed by atoms with Gasteiger partial charge in [0, 0.05) is 12.6 Å². The van der Waals surface area contributed by atoms with Gasteiger partial charge in [-0.25, -0.2) is 0 Å². The third kappa shape index (κ3) is 4.63. The molecular formula is C17H27NO. The molecule has 0 saturated heterocycles. The zero-order chi connectivity index (χ0) is 13.9. The first kappa shape index (κ1) is 14.5. The quantitative estimate of drug-likeness (QED) is 0.787. The summed E-state index contributed by atoms with van der Waals surface area (Å²) in [6.07, 6.45) is 3.28. The smallest absolute Gasteiger partial charge is 0.0517 e. The molecule has 106 valence electrons. The largest absolute Gasteiger partial charge is 0.393 e. The van der Waals surface area contributed by atoms with Gasteiger partial charge in [-0.05, 0) is 43.1 Å². The van der Waals surface area contributed by atoms with Gasteiger partial charge in [0.2, 0.25) is 0 Å². The van der Waals surface area contributed by atoms with E-state index in [0.29, 0.717) is 6.04 Å². The van der Waals surface area contributed by atoms with Crippen LogP contribution in [0.3, 0.4) is 0 Å². The lowest BCUT2D eigenvalue weighted by molar-refractivity contribution is 0.126. The van der Waals surface area contributed by atoms with Crippen molar-refractivity contribution in [2.24, 2.45) is 11.3 Å². The van der Waals surface area contributed by atoms with Crippen LogP contribution >= 0.6 is 0 Å². The molecule has 2 atom stereocenters. The van der Waals surface area contributed by atoms with E-state index in [1.54, 1.807) is 0 Å². The van der Waals surface area contributed by atoms with Gasteiger partial charge in [-0.2, -0.15) is 0 Å². The van der Waals surface area contributed by atoms with E-state index >= 15 is 0 Å². The number of nitrogens with one attached hydrogen (secondary N) is 1. The Labute approximate surface area is 117 Å². The number of hydrogen-bond donors (Lipinski definition) is 2. The molecule has 0 radical (unpaired) electrons. The summed E-state index contributed by atoms with van der Waals surface area (Å²) in [5.41, 5.74) is 1.54. The highest BCUT2D eigenvalue weighted by Gasteiger charge is 2.33. The van der Waals surface area contributed by atoms with Crippen LogP contribution in [0.25, 0.3) is 0 Å². The summed E-state index contributed by atoms with van der Waals surface area (Å²) in [6, 6.07) is 11.2. The Morgan fingerprint density at radius 3 is 2.42 bits per heavy atom. The summed E-state index contributed by atoms with van der Waals surface area (Å²) >= 11 is 0. The summed E-state index contributed by atoms with van der Waals surface area (Å²) in [5, 5.41) is 13.3. The average Bonchev–Trinajstić information content (AvgIpc) is 3.13. The van der Waals surface area contributed by atoms with E-state index in [1.807, 2.05) is 6.92 Å². The Kier molecular flexibility index (Phi) is 4.64. The molecule has 19 heavy (non-hydrogen) atoms. The Morgan fingerprint density at radius 2 is 1.89 bits per heavy atom. The molecule has 0 bridgehead atoms. The zero-order valence-electron chi connectivity index (χ0n) is 12.4. The molecule has 1 aromatic carbocycles.